The minimum atomic E-state index is -0.0966. The minimum absolute atomic E-state index is 0.0966. The summed E-state index contributed by atoms with van der Waals surface area (Å²) in [7, 11) is 1.45. The van der Waals surface area contributed by atoms with Gasteiger partial charge in [0, 0.05) is 30.0 Å². The van der Waals surface area contributed by atoms with E-state index < -0.39 is 0 Å². The summed E-state index contributed by atoms with van der Waals surface area (Å²) in [5, 5.41) is 0. The maximum Gasteiger partial charge on any atom is 0.305 e. The number of thioether (sulfide) groups is 1. The third-order valence-electron chi connectivity index (χ3n) is 2.59. The molecule has 0 saturated carbocycles. The molecular weight excluding hydrogens is 210 g/mol. The van der Waals surface area contributed by atoms with Crippen molar-refractivity contribution in [1.82, 2.24) is 4.90 Å². The monoisotopic (exact) mass is 231 g/mol. The molecule has 0 N–H and O–H groups in total. The number of hydrogen-bond donors (Lipinski definition) is 0. The molecule has 0 aliphatic carbocycles. The molecule has 1 aliphatic heterocycles. The van der Waals surface area contributed by atoms with E-state index >= 15 is 0 Å². The predicted octanol–water partition coefficient (Wildman–Crippen LogP) is 1.77. The van der Waals surface area contributed by atoms with Gasteiger partial charge in [-0.2, -0.15) is 11.8 Å². The number of hydrogen-bond acceptors (Lipinski definition) is 4. The van der Waals surface area contributed by atoms with Gasteiger partial charge in [0.15, 0.2) is 0 Å². The molecule has 88 valence electrons. The third kappa shape index (κ3) is 4.89. The Bertz CT molecular complexity index is 219. The van der Waals surface area contributed by atoms with Crippen LogP contribution in [0.3, 0.4) is 0 Å². The van der Waals surface area contributed by atoms with Crippen molar-refractivity contribution in [2.24, 2.45) is 0 Å². The lowest BCUT2D eigenvalue weighted by Crippen LogP contribution is -2.43. The molecule has 4 heteroatoms. The largest absolute Gasteiger partial charge is 0.469 e. The Labute approximate surface area is 96.5 Å². The Morgan fingerprint density at radius 1 is 1.53 bits per heavy atom. The highest BCUT2D eigenvalue weighted by atomic mass is 32.2. The molecule has 0 amide bonds. The number of esters is 1. The number of nitrogens with zero attached hydrogens (tertiary/aromatic N) is 1. The zero-order chi connectivity index (χ0) is 11.3. The first-order valence-corrected chi connectivity index (χ1v) is 6.45. The molecule has 1 fully saturated rings. The van der Waals surface area contributed by atoms with Crippen molar-refractivity contribution in [2.45, 2.75) is 31.4 Å². The molecule has 1 heterocycles. The van der Waals surface area contributed by atoms with Gasteiger partial charge in [-0.05, 0) is 26.8 Å². The first-order valence-electron chi connectivity index (χ1n) is 5.47. The fourth-order valence-electron chi connectivity index (χ4n) is 1.85. The van der Waals surface area contributed by atoms with E-state index in [0.717, 1.165) is 26.1 Å². The van der Waals surface area contributed by atoms with Crippen molar-refractivity contribution < 1.29 is 9.53 Å². The van der Waals surface area contributed by atoms with Gasteiger partial charge in [-0.3, -0.25) is 4.79 Å². The van der Waals surface area contributed by atoms with E-state index in [4.69, 9.17) is 0 Å². The van der Waals surface area contributed by atoms with E-state index in [-0.39, 0.29) is 5.97 Å². The fraction of sp³-hybridized carbons (Fsp3) is 0.909. The van der Waals surface area contributed by atoms with Crippen molar-refractivity contribution in [2.75, 3.05) is 32.5 Å². The van der Waals surface area contributed by atoms with Crippen LogP contribution in [-0.4, -0.2) is 48.1 Å². The summed E-state index contributed by atoms with van der Waals surface area (Å²) in [5.41, 5.74) is 0. The number of rotatable bonds is 4. The summed E-state index contributed by atoms with van der Waals surface area (Å²) in [5.74, 6) is 1.10. The van der Waals surface area contributed by atoms with E-state index in [9.17, 15) is 4.79 Å². The number of carbonyl (C=O) groups excluding carboxylic acids is 1. The quantitative estimate of drug-likeness (QED) is 0.690. The van der Waals surface area contributed by atoms with Crippen LogP contribution in [0.5, 0.6) is 0 Å². The number of ether oxygens (including phenoxy) is 1. The van der Waals surface area contributed by atoms with Crippen molar-refractivity contribution in [3.05, 3.63) is 0 Å². The highest BCUT2D eigenvalue weighted by Gasteiger charge is 2.26. The Balaban J connectivity index is 2.18. The molecule has 0 bridgehead atoms. The van der Waals surface area contributed by atoms with Crippen LogP contribution in [0.15, 0.2) is 0 Å². The highest BCUT2D eigenvalue weighted by Crippen LogP contribution is 2.29. The van der Waals surface area contributed by atoms with Gasteiger partial charge < -0.3 is 9.64 Å². The summed E-state index contributed by atoms with van der Waals surface area (Å²) in [4.78, 5) is 13.4. The Morgan fingerprint density at radius 2 is 2.27 bits per heavy atom. The van der Waals surface area contributed by atoms with Gasteiger partial charge in [-0.25, -0.2) is 0 Å². The summed E-state index contributed by atoms with van der Waals surface area (Å²) < 4.78 is 4.98. The molecule has 0 aromatic heterocycles. The number of methoxy groups -OCH3 is 1. The molecule has 3 nitrogen and oxygen atoms in total. The molecule has 0 aromatic rings. The Morgan fingerprint density at radius 3 is 2.87 bits per heavy atom. The molecular formula is C11H21NO2S. The van der Waals surface area contributed by atoms with Crippen LogP contribution in [0.1, 0.15) is 26.7 Å². The van der Waals surface area contributed by atoms with Crippen molar-refractivity contribution in [1.29, 1.82) is 0 Å². The zero-order valence-corrected chi connectivity index (χ0v) is 10.7. The van der Waals surface area contributed by atoms with Gasteiger partial charge in [0.1, 0.15) is 0 Å². The Kier molecular flexibility index (Phi) is 4.93. The minimum Gasteiger partial charge on any atom is -0.469 e. The molecule has 0 unspecified atom stereocenters. The normalized spacial score (nSPS) is 21.3. The predicted molar refractivity (Wildman–Crippen MR) is 64.2 cm³/mol. The second-order valence-corrected chi connectivity index (χ2v) is 6.37. The summed E-state index contributed by atoms with van der Waals surface area (Å²) in [6.07, 6.45) is 1.45. The molecule has 1 rings (SSSR count). The first kappa shape index (κ1) is 12.8. The molecule has 0 radical (unpaired) electrons. The van der Waals surface area contributed by atoms with Crippen LogP contribution in [0.2, 0.25) is 0 Å². The van der Waals surface area contributed by atoms with Gasteiger partial charge in [0.2, 0.25) is 0 Å². The summed E-state index contributed by atoms with van der Waals surface area (Å²) in [6, 6.07) is 0. The highest BCUT2D eigenvalue weighted by molar-refractivity contribution is 8.00. The topological polar surface area (TPSA) is 29.5 Å². The van der Waals surface area contributed by atoms with E-state index in [1.54, 1.807) is 0 Å². The molecule has 0 atom stereocenters. The molecule has 0 aromatic carbocycles. The van der Waals surface area contributed by atoms with Gasteiger partial charge in [0.25, 0.3) is 0 Å². The van der Waals surface area contributed by atoms with E-state index in [2.05, 4.69) is 23.5 Å². The number of carbonyl (C=O) groups is 1. The fourth-order valence-corrected chi connectivity index (χ4v) is 3.03. The van der Waals surface area contributed by atoms with Crippen LogP contribution < -0.4 is 0 Å². The van der Waals surface area contributed by atoms with E-state index in [1.165, 1.54) is 12.9 Å². The third-order valence-corrected chi connectivity index (χ3v) is 3.88. The molecule has 15 heavy (non-hydrogen) atoms. The van der Waals surface area contributed by atoms with Crippen LogP contribution in [0.4, 0.5) is 0 Å². The first-order chi connectivity index (χ1) is 7.03. The maximum atomic E-state index is 10.9. The van der Waals surface area contributed by atoms with Crippen molar-refractivity contribution in [3.63, 3.8) is 0 Å². The second-order valence-electron chi connectivity index (χ2n) is 4.56. The smallest absolute Gasteiger partial charge is 0.305 e. The zero-order valence-electron chi connectivity index (χ0n) is 9.91. The Hall–Kier alpha value is -0.220. The van der Waals surface area contributed by atoms with Gasteiger partial charge >= 0.3 is 5.97 Å². The summed E-state index contributed by atoms with van der Waals surface area (Å²) >= 11 is 2.04. The lowest BCUT2D eigenvalue weighted by atomic mass is 10.1. The van der Waals surface area contributed by atoms with E-state index in [0.29, 0.717) is 11.2 Å². The molecule has 1 saturated heterocycles. The van der Waals surface area contributed by atoms with Crippen molar-refractivity contribution in [3.8, 4) is 0 Å². The van der Waals surface area contributed by atoms with Gasteiger partial charge in [-0.15, -0.1) is 0 Å². The average Bonchev–Trinajstić information content (AvgIpc) is 2.16. The SMILES string of the molecule is COC(=O)CCCN1CCSC(C)(C)C1. The lowest BCUT2D eigenvalue weighted by molar-refractivity contribution is -0.140. The standard InChI is InChI=1S/C11H21NO2S/c1-11(2)9-12(7-8-15-11)6-4-5-10(13)14-3/h4-9H2,1-3H3. The van der Waals surface area contributed by atoms with Crippen LogP contribution >= 0.6 is 11.8 Å². The van der Waals surface area contributed by atoms with Crippen LogP contribution in [0, 0.1) is 0 Å². The summed E-state index contributed by atoms with van der Waals surface area (Å²) in [6.45, 7) is 7.85. The van der Waals surface area contributed by atoms with Gasteiger partial charge in [0.05, 0.1) is 7.11 Å². The molecule has 0 spiro atoms. The van der Waals surface area contributed by atoms with Crippen molar-refractivity contribution >= 4 is 17.7 Å². The van der Waals surface area contributed by atoms with E-state index in [1.807, 2.05) is 11.8 Å². The second kappa shape index (κ2) is 5.75. The van der Waals surface area contributed by atoms with Crippen LogP contribution in [0.25, 0.3) is 0 Å². The average molecular weight is 231 g/mol. The van der Waals surface area contributed by atoms with Crippen LogP contribution in [-0.2, 0) is 9.53 Å². The van der Waals surface area contributed by atoms with Gasteiger partial charge in [-0.1, -0.05) is 0 Å². The lowest BCUT2D eigenvalue weighted by Gasteiger charge is -2.37. The maximum absolute atomic E-state index is 10.9. The molecule has 1 aliphatic rings.